The van der Waals surface area contributed by atoms with Crippen molar-refractivity contribution in [2.24, 2.45) is 0 Å². The van der Waals surface area contributed by atoms with Gasteiger partial charge in [-0.3, -0.25) is 0 Å². The Balaban J connectivity index is 2.13. The summed E-state index contributed by atoms with van der Waals surface area (Å²) in [5.41, 5.74) is -0.793. The Morgan fingerprint density at radius 2 is 2.05 bits per heavy atom. The van der Waals surface area contributed by atoms with Crippen molar-refractivity contribution in [3.63, 3.8) is 0 Å². The predicted octanol–water partition coefficient (Wildman–Crippen LogP) is 1.96. The highest BCUT2D eigenvalue weighted by molar-refractivity contribution is 7.88. The van der Waals surface area contributed by atoms with Crippen LogP contribution in [0.3, 0.4) is 0 Å². The van der Waals surface area contributed by atoms with E-state index in [1.165, 1.54) is 17.4 Å². The fraction of sp³-hybridized carbons (Fsp3) is 0.615. The molecule has 0 amide bonds. The van der Waals surface area contributed by atoms with Gasteiger partial charge >= 0.3 is 6.18 Å². The standard InChI is InChI=1S/C13H18F3N3O2S/c1-18(22(2,20)21)11-4-3-7-19(9-11)12-6-5-10(8-17-12)13(14,15)16/h5-6,8,11H,3-4,7,9H2,1-2H3. The van der Waals surface area contributed by atoms with Gasteiger partial charge in [0.2, 0.25) is 10.0 Å². The van der Waals surface area contributed by atoms with E-state index in [1.807, 2.05) is 4.90 Å². The number of halogens is 3. The largest absolute Gasteiger partial charge is 0.417 e. The summed E-state index contributed by atoms with van der Waals surface area (Å²) in [4.78, 5) is 5.68. The van der Waals surface area contributed by atoms with Crippen LogP contribution in [0.5, 0.6) is 0 Å². The summed E-state index contributed by atoms with van der Waals surface area (Å²) >= 11 is 0. The fourth-order valence-corrected chi connectivity index (χ4v) is 3.18. The third-order valence-electron chi connectivity index (χ3n) is 3.83. The van der Waals surface area contributed by atoms with E-state index in [1.54, 1.807) is 0 Å². The van der Waals surface area contributed by atoms with Gasteiger partial charge in [0, 0.05) is 32.4 Å². The van der Waals surface area contributed by atoms with Crippen molar-refractivity contribution < 1.29 is 21.6 Å². The molecular formula is C13H18F3N3O2S. The van der Waals surface area contributed by atoms with Gasteiger partial charge in [0.25, 0.3) is 0 Å². The molecule has 2 rings (SSSR count). The van der Waals surface area contributed by atoms with E-state index in [-0.39, 0.29) is 6.04 Å². The van der Waals surface area contributed by atoms with Gasteiger partial charge in [0.1, 0.15) is 5.82 Å². The Morgan fingerprint density at radius 1 is 1.36 bits per heavy atom. The van der Waals surface area contributed by atoms with Gasteiger partial charge in [-0.25, -0.2) is 17.7 Å². The molecule has 0 spiro atoms. The Morgan fingerprint density at radius 3 is 2.55 bits per heavy atom. The summed E-state index contributed by atoms with van der Waals surface area (Å²) in [5.74, 6) is 0.430. The molecule has 0 saturated carbocycles. The minimum Gasteiger partial charge on any atom is -0.355 e. The summed E-state index contributed by atoms with van der Waals surface area (Å²) in [5, 5.41) is 0. The van der Waals surface area contributed by atoms with E-state index in [9.17, 15) is 21.6 Å². The maximum absolute atomic E-state index is 12.5. The van der Waals surface area contributed by atoms with Crippen molar-refractivity contribution in [3.05, 3.63) is 23.9 Å². The van der Waals surface area contributed by atoms with Crippen LogP contribution in [0.1, 0.15) is 18.4 Å². The third kappa shape index (κ3) is 3.89. The molecule has 1 atom stereocenters. The molecule has 1 unspecified atom stereocenters. The van der Waals surface area contributed by atoms with E-state index >= 15 is 0 Å². The molecule has 0 N–H and O–H groups in total. The average Bonchev–Trinajstić information content (AvgIpc) is 2.45. The molecule has 1 aliphatic heterocycles. The fourth-order valence-electron chi connectivity index (χ4n) is 2.47. The lowest BCUT2D eigenvalue weighted by Gasteiger charge is -2.37. The molecule has 1 aromatic heterocycles. The molecular weight excluding hydrogens is 319 g/mol. The first-order chi connectivity index (χ1) is 10.1. The van der Waals surface area contributed by atoms with Crippen LogP contribution in [0.15, 0.2) is 18.3 Å². The van der Waals surface area contributed by atoms with Gasteiger partial charge in [-0.15, -0.1) is 0 Å². The topological polar surface area (TPSA) is 53.5 Å². The number of likely N-dealkylation sites (N-methyl/N-ethyl adjacent to an activating group) is 1. The van der Waals surface area contributed by atoms with Crippen LogP contribution in [0.4, 0.5) is 19.0 Å². The number of hydrogen-bond donors (Lipinski definition) is 0. The Bertz CT molecular complexity index is 616. The van der Waals surface area contributed by atoms with E-state index in [4.69, 9.17) is 0 Å². The second kappa shape index (κ2) is 6.04. The zero-order valence-electron chi connectivity index (χ0n) is 12.3. The highest BCUT2D eigenvalue weighted by Crippen LogP contribution is 2.30. The molecule has 0 radical (unpaired) electrons. The van der Waals surface area contributed by atoms with Crippen LogP contribution in [-0.2, 0) is 16.2 Å². The van der Waals surface area contributed by atoms with Crippen LogP contribution < -0.4 is 4.90 Å². The second-order valence-electron chi connectivity index (χ2n) is 5.42. The van der Waals surface area contributed by atoms with Crippen molar-refractivity contribution in [3.8, 4) is 0 Å². The van der Waals surface area contributed by atoms with Crippen LogP contribution in [0.2, 0.25) is 0 Å². The lowest BCUT2D eigenvalue weighted by molar-refractivity contribution is -0.137. The first-order valence-corrected chi connectivity index (χ1v) is 8.65. The summed E-state index contributed by atoms with van der Waals surface area (Å²) in [6.45, 7) is 1.06. The third-order valence-corrected chi connectivity index (χ3v) is 5.18. The molecule has 0 aliphatic carbocycles. The summed E-state index contributed by atoms with van der Waals surface area (Å²) in [6.07, 6.45) is -0.984. The number of hydrogen-bond acceptors (Lipinski definition) is 4. The molecule has 1 aliphatic rings. The zero-order chi connectivity index (χ0) is 16.5. The van der Waals surface area contributed by atoms with Gasteiger partial charge in [-0.05, 0) is 25.0 Å². The SMILES string of the molecule is CN(C1CCCN(c2ccc(C(F)(F)F)cn2)C1)S(C)(=O)=O. The first-order valence-electron chi connectivity index (χ1n) is 6.80. The van der Waals surface area contributed by atoms with Gasteiger partial charge in [0.15, 0.2) is 0 Å². The van der Waals surface area contributed by atoms with Crippen molar-refractivity contribution in [2.75, 3.05) is 31.3 Å². The van der Waals surface area contributed by atoms with Gasteiger partial charge < -0.3 is 4.90 Å². The van der Waals surface area contributed by atoms with Crippen molar-refractivity contribution >= 4 is 15.8 Å². The minimum absolute atomic E-state index is 0.201. The maximum atomic E-state index is 12.5. The van der Waals surface area contributed by atoms with E-state index in [0.717, 1.165) is 31.4 Å². The molecule has 1 aromatic rings. The number of alkyl halides is 3. The van der Waals surface area contributed by atoms with Crippen LogP contribution in [0.25, 0.3) is 0 Å². The lowest BCUT2D eigenvalue weighted by Crippen LogP contribution is -2.48. The van der Waals surface area contributed by atoms with E-state index < -0.39 is 21.8 Å². The number of aromatic nitrogens is 1. The molecule has 0 bridgehead atoms. The molecule has 9 heteroatoms. The molecule has 1 fully saturated rings. The van der Waals surface area contributed by atoms with Crippen LogP contribution in [-0.4, -0.2) is 50.1 Å². The molecule has 2 heterocycles. The van der Waals surface area contributed by atoms with Gasteiger partial charge in [-0.2, -0.15) is 13.2 Å². The molecule has 1 saturated heterocycles. The number of nitrogens with zero attached hydrogens (tertiary/aromatic N) is 3. The molecule has 0 aromatic carbocycles. The number of sulfonamides is 1. The molecule has 124 valence electrons. The highest BCUT2D eigenvalue weighted by Gasteiger charge is 2.32. The quantitative estimate of drug-likeness (QED) is 0.846. The summed E-state index contributed by atoms with van der Waals surface area (Å²) in [6, 6.07) is 2.12. The average molecular weight is 337 g/mol. The normalized spacial score (nSPS) is 20.5. The molecule has 22 heavy (non-hydrogen) atoms. The number of pyridine rings is 1. The van der Waals surface area contributed by atoms with Gasteiger partial charge in [-0.1, -0.05) is 0 Å². The zero-order valence-corrected chi connectivity index (χ0v) is 13.2. The highest BCUT2D eigenvalue weighted by atomic mass is 32.2. The maximum Gasteiger partial charge on any atom is 0.417 e. The monoisotopic (exact) mass is 337 g/mol. The van der Waals surface area contributed by atoms with Crippen LogP contribution >= 0.6 is 0 Å². The smallest absolute Gasteiger partial charge is 0.355 e. The van der Waals surface area contributed by atoms with E-state index in [2.05, 4.69) is 4.98 Å². The van der Waals surface area contributed by atoms with Crippen molar-refractivity contribution in [1.82, 2.24) is 9.29 Å². The Hall–Kier alpha value is -1.35. The lowest BCUT2D eigenvalue weighted by atomic mass is 10.1. The van der Waals surface area contributed by atoms with Crippen LogP contribution in [0, 0.1) is 0 Å². The second-order valence-corrected chi connectivity index (χ2v) is 7.47. The predicted molar refractivity (Wildman–Crippen MR) is 77.1 cm³/mol. The number of rotatable bonds is 3. The summed E-state index contributed by atoms with van der Waals surface area (Å²) < 4.78 is 62.1. The first kappa shape index (κ1) is 17.0. The van der Waals surface area contributed by atoms with Gasteiger partial charge in [0.05, 0.1) is 11.8 Å². The molecule has 5 nitrogen and oxygen atoms in total. The van der Waals surface area contributed by atoms with Crippen molar-refractivity contribution in [2.45, 2.75) is 25.1 Å². The minimum atomic E-state index is -4.41. The summed E-state index contributed by atoms with van der Waals surface area (Å²) in [7, 11) is -1.78. The Labute approximate surface area is 127 Å². The number of piperidine rings is 1. The van der Waals surface area contributed by atoms with E-state index in [0.29, 0.717) is 18.9 Å². The Kier molecular flexibility index (Phi) is 4.67. The number of anilines is 1. The van der Waals surface area contributed by atoms with Crippen molar-refractivity contribution in [1.29, 1.82) is 0 Å².